The molecule has 0 aliphatic carbocycles. The van der Waals surface area contributed by atoms with Gasteiger partial charge in [-0.15, -0.1) is 4.40 Å². The Kier molecular flexibility index (Phi) is 5.21. The van der Waals surface area contributed by atoms with Gasteiger partial charge in [0.15, 0.2) is 5.84 Å². The van der Waals surface area contributed by atoms with Gasteiger partial charge in [0.05, 0.1) is 11.0 Å². The predicted octanol–water partition coefficient (Wildman–Crippen LogP) is 2.32. The first-order valence-corrected chi connectivity index (χ1v) is 12.3. The van der Waals surface area contributed by atoms with E-state index in [-0.39, 0.29) is 16.7 Å². The van der Waals surface area contributed by atoms with Crippen LogP contribution in [0.25, 0.3) is 11.0 Å². The molecule has 32 heavy (non-hydrogen) atoms. The Morgan fingerprint density at radius 2 is 1.81 bits per heavy atom. The van der Waals surface area contributed by atoms with E-state index in [2.05, 4.69) is 19.3 Å². The van der Waals surface area contributed by atoms with Crippen LogP contribution in [0, 0.1) is 12.8 Å². The van der Waals surface area contributed by atoms with Crippen LogP contribution in [0.2, 0.25) is 0 Å². The van der Waals surface area contributed by atoms with Crippen LogP contribution in [0.4, 0.5) is 0 Å². The Hall–Kier alpha value is -3.20. The summed E-state index contributed by atoms with van der Waals surface area (Å²) in [6.45, 7) is 4.39. The van der Waals surface area contributed by atoms with Gasteiger partial charge in [-0.1, -0.05) is 24.3 Å². The molecule has 1 saturated heterocycles. The Labute approximate surface area is 187 Å². The number of para-hydroxylation sites is 2. The van der Waals surface area contributed by atoms with Crippen molar-refractivity contribution in [1.82, 2.24) is 19.8 Å². The van der Waals surface area contributed by atoms with Crippen molar-refractivity contribution in [2.75, 3.05) is 19.6 Å². The Bertz CT molecular complexity index is 1320. The summed E-state index contributed by atoms with van der Waals surface area (Å²) >= 11 is 0. The number of likely N-dealkylation sites (tertiary alicyclic amines) is 1. The van der Waals surface area contributed by atoms with Crippen LogP contribution < -0.4 is 5.32 Å². The normalized spacial score (nSPS) is 17.9. The molecule has 0 spiro atoms. The van der Waals surface area contributed by atoms with Crippen LogP contribution in [0.15, 0.2) is 57.8 Å². The predicted molar refractivity (Wildman–Crippen MR) is 122 cm³/mol. The van der Waals surface area contributed by atoms with Gasteiger partial charge < -0.3 is 14.8 Å². The third kappa shape index (κ3) is 3.66. The molecule has 0 unspecified atom stereocenters. The fraction of sp³-hybridized carbons (Fsp3) is 0.348. The van der Waals surface area contributed by atoms with Gasteiger partial charge in [-0.2, -0.15) is 8.42 Å². The number of aryl methyl sites for hydroxylation is 1. The van der Waals surface area contributed by atoms with E-state index < -0.39 is 10.0 Å². The number of aromatic nitrogens is 2. The first-order valence-electron chi connectivity index (χ1n) is 10.8. The third-order valence-corrected chi connectivity index (χ3v) is 7.58. The molecule has 3 aromatic rings. The second kappa shape index (κ2) is 8.05. The van der Waals surface area contributed by atoms with Crippen LogP contribution in [0.3, 0.4) is 0 Å². The van der Waals surface area contributed by atoms with Gasteiger partial charge in [0.1, 0.15) is 10.7 Å². The minimum atomic E-state index is -3.63. The van der Waals surface area contributed by atoms with Crippen molar-refractivity contribution < 1.29 is 13.2 Å². The minimum absolute atomic E-state index is 0.0492. The molecular weight excluding hydrogens is 426 g/mol. The van der Waals surface area contributed by atoms with E-state index in [0.717, 1.165) is 16.9 Å². The number of fused-ring (bicyclic) bond motifs is 2. The standard InChI is InChI=1S/C23H25N5O3S/c1-16-25-19-7-3-4-8-20(19)28(16)15-12-24-23(29)17-10-13-27(14-11-17)22-18-6-2-5-9-21(18)32(30,31)26-22/h2-9,17H,10-15H2,1H3,(H,24,29). The molecule has 0 radical (unpaired) electrons. The Morgan fingerprint density at radius 3 is 2.62 bits per heavy atom. The second-order valence-electron chi connectivity index (χ2n) is 8.24. The second-order valence-corrected chi connectivity index (χ2v) is 9.81. The number of amides is 1. The number of hydrogen-bond donors (Lipinski definition) is 1. The summed E-state index contributed by atoms with van der Waals surface area (Å²) in [6.07, 6.45) is 1.33. The fourth-order valence-corrected chi connectivity index (χ4v) is 5.81. The summed E-state index contributed by atoms with van der Waals surface area (Å²) in [6, 6.07) is 14.9. The molecule has 166 valence electrons. The van der Waals surface area contributed by atoms with Gasteiger partial charge in [-0.25, -0.2) is 4.98 Å². The Morgan fingerprint density at radius 1 is 1.09 bits per heavy atom. The van der Waals surface area contributed by atoms with Crippen LogP contribution in [0.5, 0.6) is 0 Å². The number of hydrogen-bond acceptors (Lipinski definition) is 5. The van der Waals surface area contributed by atoms with E-state index in [4.69, 9.17) is 0 Å². The average Bonchev–Trinajstić information content (AvgIpc) is 3.27. The topological polar surface area (TPSA) is 96.7 Å². The number of benzene rings is 2. The van der Waals surface area contributed by atoms with Gasteiger partial charge in [0.25, 0.3) is 10.0 Å². The molecule has 5 rings (SSSR count). The molecular formula is C23H25N5O3S. The monoisotopic (exact) mass is 451 g/mol. The van der Waals surface area contributed by atoms with Crippen molar-refractivity contribution in [3.63, 3.8) is 0 Å². The van der Waals surface area contributed by atoms with Gasteiger partial charge >= 0.3 is 0 Å². The molecule has 2 aliphatic rings. The number of piperidine rings is 1. The highest BCUT2D eigenvalue weighted by Gasteiger charge is 2.34. The maximum absolute atomic E-state index is 12.7. The van der Waals surface area contributed by atoms with Gasteiger partial charge in [-0.05, 0) is 44.0 Å². The maximum Gasteiger partial charge on any atom is 0.285 e. The van der Waals surface area contributed by atoms with Crippen molar-refractivity contribution >= 4 is 32.8 Å². The molecule has 1 N–H and O–H groups in total. The molecule has 1 aromatic heterocycles. The number of carbonyl (C=O) groups excluding carboxylic acids is 1. The van der Waals surface area contributed by atoms with E-state index in [9.17, 15) is 13.2 Å². The number of sulfonamides is 1. The number of imidazole rings is 1. The molecule has 0 atom stereocenters. The van der Waals surface area contributed by atoms with Crippen LogP contribution in [0.1, 0.15) is 24.2 Å². The van der Waals surface area contributed by atoms with Crippen LogP contribution in [-0.4, -0.2) is 54.2 Å². The van der Waals surface area contributed by atoms with Crippen LogP contribution >= 0.6 is 0 Å². The van der Waals surface area contributed by atoms with E-state index in [1.807, 2.05) is 42.2 Å². The molecule has 1 fully saturated rings. The summed E-state index contributed by atoms with van der Waals surface area (Å²) in [5.41, 5.74) is 2.68. The fourth-order valence-electron chi connectivity index (χ4n) is 4.58. The summed E-state index contributed by atoms with van der Waals surface area (Å²) in [7, 11) is -3.63. The highest BCUT2D eigenvalue weighted by molar-refractivity contribution is 7.90. The van der Waals surface area contributed by atoms with Crippen molar-refractivity contribution in [1.29, 1.82) is 0 Å². The third-order valence-electron chi connectivity index (χ3n) is 6.26. The van der Waals surface area contributed by atoms with E-state index in [1.165, 1.54) is 0 Å². The first kappa shape index (κ1) is 20.7. The van der Waals surface area contributed by atoms with Crippen molar-refractivity contribution in [2.24, 2.45) is 10.3 Å². The zero-order chi connectivity index (χ0) is 22.3. The highest BCUT2D eigenvalue weighted by Crippen LogP contribution is 2.29. The lowest BCUT2D eigenvalue weighted by Gasteiger charge is -2.32. The highest BCUT2D eigenvalue weighted by atomic mass is 32.2. The van der Waals surface area contributed by atoms with Gasteiger partial charge in [0, 0.05) is 37.7 Å². The van der Waals surface area contributed by atoms with E-state index >= 15 is 0 Å². The lowest BCUT2D eigenvalue weighted by Crippen LogP contribution is -2.43. The average molecular weight is 452 g/mol. The summed E-state index contributed by atoms with van der Waals surface area (Å²) < 4.78 is 30.7. The molecule has 2 aliphatic heterocycles. The SMILES string of the molecule is Cc1nc2ccccc2n1CCNC(=O)C1CCN(C2=NS(=O)(=O)c3ccccc32)CC1. The zero-order valence-electron chi connectivity index (χ0n) is 17.9. The zero-order valence-corrected chi connectivity index (χ0v) is 18.7. The lowest BCUT2D eigenvalue weighted by atomic mass is 9.95. The molecule has 2 aromatic carbocycles. The van der Waals surface area contributed by atoms with Gasteiger partial charge in [0.2, 0.25) is 5.91 Å². The molecule has 3 heterocycles. The maximum atomic E-state index is 12.7. The van der Waals surface area contributed by atoms with Crippen molar-refractivity contribution in [3.8, 4) is 0 Å². The number of nitrogens with zero attached hydrogens (tertiary/aromatic N) is 4. The number of nitrogens with one attached hydrogen (secondary N) is 1. The molecule has 0 bridgehead atoms. The van der Waals surface area contributed by atoms with E-state index in [1.54, 1.807) is 18.2 Å². The van der Waals surface area contributed by atoms with E-state index in [0.29, 0.717) is 50.4 Å². The Balaban J connectivity index is 1.17. The van der Waals surface area contributed by atoms with Crippen molar-refractivity contribution in [2.45, 2.75) is 31.2 Å². The summed E-state index contributed by atoms with van der Waals surface area (Å²) in [5.74, 6) is 1.40. The minimum Gasteiger partial charge on any atom is -0.355 e. The molecule has 0 saturated carbocycles. The van der Waals surface area contributed by atoms with Crippen molar-refractivity contribution in [3.05, 3.63) is 59.9 Å². The number of rotatable bonds is 4. The number of amidine groups is 1. The quantitative estimate of drug-likeness (QED) is 0.657. The molecule has 9 heteroatoms. The first-order chi connectivity index (χ1) is 15.4. The lowest BCUT2D eigenvalue weighted by molar-refractivity contribution is -0.126. The van der Waals surface area contributed by atoms with Gasteiger partial charge in [-0.3, -0.25) is 4.79 Å². The summed E-state index contributed by atoms with van der Waals surface area (Å²) in [5, 5.41) is 3.06. The summed E-state index contributed by atoms with van der Waals surface area (Å²) in [4.78, 5) is 19.5. The largest absolute Gasteiger partial charge is 0.355 e. The molecule has 1 amide bonds. The molecule has 8 nitrogen and oxygen atoms in total. The van der Waals surface area contributed by atoms with Crippen LogP contribution in [-0.2, 0) is 21.4 Å². The number of carbonyl (C=O) groups is 1. The smallest absolute Gasteiger partial charge is 0.285 e.